The van der Waals surface area contributed by atoms with Gasteiger partial charge in [-0.1, -0.05) is 31.9 Å². The molecule has 2 saturated carbocycles. The molecule has 0 saturated heterocycles. The number of carbonyl (C=O) groups is 2. The Hall–Kier alpha value is -3.32. The molecule has 2 aliphatic rings. The van der Waals surface area contributed by atoms with Crippen LogP contribution < -0.4 is 10.6 Å². The summed E-state index contributed by atoms with van der Waals surface area (Å²) < 4.78 is 12.6. The second-order valence-corrected chi connectivity index (χ2v) is 12.9. The number of anilines is 2. The Morgan fingerprint density at radius 1 is 0.727 bits per heavy atom. The van der Waals surface area contributed by atoms with E-state index in [1.165, 1.54) is 12.4 Å². The first-order valence-electron chi connectivity index (χ1n) is 14.4. The number of hydrogen-bond acceptors (Lipinski definition) is 8. The third-order valence-corrected chi connectivity index (χ3v) is 9.24. The number of carboxylic acids is 2. The predicted octanol–water partition coefficient (Wildman–Crippen LogP) is 7.35. The fourth-order valence-corrected chi connectivity index (χ4v) is 6.67. The third kappa shape index (κ3) is 7.31. The molecule has 6 rings (SSSR count). The third-order valence-electron chi connectivity index (χ3n) is 8.25. The van der Waals surface area contributed by atoms with Crippen LogP contribution in [-0.4, -0.2) is 70.6 Å². The minimum absolute atomic E-state index is 0.200. The van der Waals surface area contributed by atoms with E-state index in [1.54, 1.807) is 14.2 Å². The summed E-state index contributed by atoms with van der Waals surface area (Å²) in [5.74, 6) is -1.95. The zero-order chi connectivity index (χ0) is 31.4. The summed E-state index contributed by atoms with van der Waals surface area (Å²) in [6, 6.07) is 11.8. The van der Waals surface area contributed by atoms with Crippen LogP contribution >= 0.6 is 31.9 Å². The van der Waals surface area contributed by atoms with Crippen molar-refractivity contribution in [1.82, 2.24) is 9.97 Å². The molecule has 4 aromatic rings. The van der Waals surface area contributed by atoms with E-state index < -0.39 is 11.9 Å². The normalized spacial score (nSPS) is 21.2. The maximum atomic E-state index is 11.5. The second-order valence-electron chi connectivity index (χ2n) is 11.1. The van der Waals surface area contributed by atoms with Gasteiger partial charge in [0, 0.05) is 58.4 Å². The number of rotatable bonds is 8. The molecule has 2 fully saturated rings. The van der Waals surface area contributed by atoms with Crippen molar-refractivity contribution >= 4 is 77.0 Å². The number of carboxylic acid groups (broad SMARTS) is 2. The lowest BCUT2D eigenvalue weighted by atomic mass is 10.1. The molecule has 10 nitrogen and oxygen atoms in total. The van der Waals surface area contributed by atoms with Crippen LogP contribution in [0.25, 0.3) is 21.8 Å². The molecule has 2 aromatic carbocycles. The highest BCUT2D eigenvalue weighted by Crippen LogP contribution is 2.34. The molecule has 12 heteroatoms. The number of halogens is 2. The van der Waals surface area contributed by atoms with Crippen molar-refractivity contribution in [3.05, 3.63) is 68.9 Å². The molecule has 2 heterocycles. The van der Waals surface area contributed by atoms with Gasteiger partial charge in [-0.25, -0.2) is 9.59 Å². The largest absolute Gasteiger partial charge is 0.478 e. The van der Waals surface area contributed by atoms with E-state index >= 15 is 0 Å². The van der Waals surface area contributed by atoms with Crippen molar-refractivity contribution in [2.24, 2.45) is 0 Å². The van der Waals surface area contributed by atoms with E-state index in [1.807, 2.05) is 36.4 Å². The molecule has 0 aliphatic heterocycles. The van der Waals surface area contributed by atoms with Crippen LogP contribution in [-0.2, 0) is 9.47 Å². The van der Waals surface area contributed by atoms with Gasteiger partial charge in [-0.2, -0.15) is 0 Å². The van der Waals surface area contributed by atoms with E-state index in [0.717, 1.165) is 69.3 Å². The summed E-state index contributed by atoms with van der Waals surface area (Å²) >= 11 is 6.88. The Bertz CT molecular complexity index is 1560. The first kappa shape index (κ1) is 32.1. The van der Waals surface area contributed by atoms with Gasteiger partial charge in [0.15, 0.2) is 0 Å². The van der Waals surface area contributed by atoms with Crippen LogP contribution in [0.5, 0.6) is 0 Å². The van der Waals surface area contributed by atoms with E-state index in [2.05, 4.69) is 52.5 Å². The number of fused-ring (bicyclic) bond motifs is 2. The molecule has 0 bridgehead atoms. The SMILES string of the molecule is CO[C@@H]1CC[C@@H](Nc2c(C(=O)O)cnc3ccc(Br)cc23)C1.CO[C@H]1CC[C@H](Nc2c(C(=O)O)cnc3ccc(Br)cc23)C1. The maximum Gasteiger partial charge on any atom is 0.339 e. The average molecular weight is 730 g/mol. The number of nitrogens with one attached hydrogen (secondary N) is 2. The van der Waals surface area contributed by atoms with Gasteiger partial charge in [0.05, 0.1) is 34.6 Å². The van der Waals surface area contributed by atoms with Crippen LogP contribution in [0, 0.1) is 0 Å². The summed E-state index contributed by atoms with van der Waals surface area (Å²) in [6.45, 7) is 0. The Balaban J connectivity index is 0.000000175. The molecule has 44 heavy (non-hydrogen) atoms. The highest BCUT2D eigenvalue weighted by atomic mass is 79.9. The number of methoxy groups -OCH3 is 2. The lowest BCUT2D eigenvalue weighted by molar-refractivity contribution is 0.0686. The lowest BCUT2D eigenvalue weighted by Crippen LogP contribution is -2.19. The molecule has 0 spiro atoms. The van der Waals surface area contributed by atoms with Gasteiger partial charge in [-0.15, -0.1) is 0 Å². The summed E-state index contributed by atoms with van der Waals surface area (Å²) in [7, 11) is 3.43. The Morgan fingerprint density at radius 3 is 1.48 bits per heavy atom. The predicted molar refractivity (Wildman–Crippen MR) is 177 cm³/mol. The number of aromatic nitrogens is 2. The molecule has 4 atom stereocenters. The molecule has 0 unspecified atom stereocenters. The lowest BCUT2D eigenvalue weighted by Gasteiger charge is -2.18. The van der Waals surface area contributed by atoms with Crippen molar-refractivity contribution < 1.29 is 29.3 Å². The number of nitrogens with zero attached hydrogens (tertiary/aromatic N) is 2. The van der Waals surface area contributed by atoms with Crippen LogP contribution in [0.3, 0.4) is 0 Å². The quantitative estimate of drug-likeness (QED) is 0.145. The molecule has 2 aromatic heterocycles. The molecule has 0 amide bonds. The molecule has 2 aliphatic carbocycles. The monoisotopic (exact) mass is 728 g/mol. The Morgan fingerprint density at radius 2 is 1.14 bits per heavy atom. The zero-order valence-electron chi connectivity index (χ0n) is 24.3. The van der Waals surface area contributed by atoms with E-state index in [9.17, 15) is 19.8 Å². The maximum absolute atomic E-state index is 11.5. The summed E-state index contributed by atoms with van der Waals surface area (Å²) in [6.07, 6.45) is 9.00. The van der Waals surface area contributed by atoms with Crippen molar-refractivity contribution in [2.75, 3.05) is 24.9 Å². The van der Waals surface area contributed by atoms with Crippen molar-refractivity contribution in [1.29, 1.82) is 0 Å². The van der Waals surface area contributed by atoms with Gasteiger partial charge < -0.3 is 30.3 Å². The van der Waals surface area contributed by atoms with Crippen LogP contribution in [0.15, 0.2) is 57.7 Å². The molecule has 4 N–H and O–H groups in total. The highest BCUT2D eigenvalue weighted by Gasteiger charge is 2.28. The topological polar surface area (TPSA) is 143 Å². The Kier molecular flexibility index (Phi) is 10.3. The Labute approximate surface area is 271 Å². The van der Waals surface area contributed by atoms with E-state index in [0.29, 0.717) is 11.4 Å². The van der Waals surface area contributed by atoms with Gasteiger partial charge in [-0.05, 0) is 74.9 Å². The van der Waals surface area contributed by atoms with Crippen molar-refractivity contribution in [3.63, 3.8) is 0 Å². The van der Waals surface area contributed by atoms with Gasteiger partial charge >= 0.3 is 11.9 Å². The smallest absolute Gasteiger partial charge is 0.339 e. The first-order valence-corrected chi connectivity index (χ1v) is 16.0. The number of hydrogen-bond donors (Lipinski definition) is 4. The fourth-order valence-electron chi connectivity index (χ4n) is 5.94. The van der Waals surface area contributed by atoms with Crippen molar-refractivity contribution in [3.8, 4) is 0 Å². The molecule has 232 valence electrons. The van der Waals surface area contributed by atoms with Gasteiger partial charge in [0.25, 0.3) is 0 Å². The number of aromatic carboxylic acids is 2. The highest BCUT2D eigenvalue weighted by molar-refractivity contribution is 9.10. The summed E-state index contributed by atoms with van der Waals surface area (Å²) in [4.78, 5) is 31.5. The van der Waals surface area contributed by atoms with Gasteiger partial charge in [0.2, 0.25) is 0 Å². The van der Waals surface area contributed by atoms with E-state index in [-0.39, 0.29) is 35.4 Å². The fraction of sp³-hybridized carbons (Fsp3) is 0.375. The number of pyridine rings is 2. The minimum atomic E-state index is -0.974. The number of ether oxygens (including phenoxy) is 2. The first-order chi connectivity index (χ1) is 21.2. The van der Waals surface area contributed by atoms with Crippen LogP contribution in [0.1, 0.15) is 59.2 Å². The summed E-state index contributed by atoms with van der Waals surface area (Å²) in [5.41, 5.74) is 3.23. The van der Waals surface area contributed by atoms with Gasteiger partial charge in [-0.3, -0.25) is 9.97 Å². The van der Waals surface area contributed by atoms with Gasteiger partial charge in [0.1, 0.15) is 11.1 Å². The second kappa shape index (κ2) is 14.2. The molecular formula is C32H34Br2N4O6. The summed E-state index contributed by atoms with van der Waals surface area (Å²) in [5, 5.41) is 27.3. The van der Waals surface area contributed by atoms with Crippen LogP contribution in [0.4, 0.5) is 11.4 Å². The van der Waals surface area contributed by atoms with E-state index in [4.69, 9.17) is 9.47 Å². The van der Waals surface area contributed by atoms with Crippen LogP contribution in [0.2, 0.25) is 0 Å². The molecular weight excluding hydrogens is 696 g/mol. The molecule has 0 radical (unpaired) electrons. The van der Waals surface area contributed by atoms with Crippen molar-refractivity contribution in [2.45, 2.75) is 62.8 Å². The minimum Gasteiger partial charge on any atom is -0.478 e. The standard InChI is InChI=1S/2C16H17BrN2O3/c2*1-22-11-4-3-10(7-11)19-15-12-6-9(17)2-5-14(12)18-8-13(15)16(20)21/h2*2,5-6,8,10-11H,3-4,7H2,1H3,(H,18,19)(H,20,21)/t2*10-,11-/m10/s1. The zero-order valence-corrected chi connectivity index (χ0v) is 27.5. The number of benzene rings is 2. The average Bonchev–Trinajstić information content (AvgIpc) is 3.67.